The van der Waals surface area contributed by atoms with Crippen LogP contribution in [0.1, 0.15) is 26.7 Å². The molecule has 0 saturated heterocycles. The van der Waals surface area contributed by atoms with Gasteiger partial charge in [0.15, 0.2) is 0 Å². The second kappa shape index (κ2) is 3.21. The molecular formula is C7H12N2O. The smallest absolute Gasteiger partial charge is 0.219 e. The van der Waals surface area contributed by atoms with Crippen molar-refractivity contribution in [2.75, 3.05) is 0 Å². The highest BCUT2D eigenvalue weighted by Gasteiger charge is 2.23. The molecule has 1 atom stereocenters. The van der Waals surface area contributed by atoms with E-state index in [1.165, 1.54) is 0 Å². The van der Waals surface area contributed by atoms with E-state index in [0.717, 1.165) is 0 Å². The topological polar surface area (TPSA) is 66.9 Å². The van der Waals surface area contributed by atoms with Crippen molar-refractivity contribution in [3.63, 3.8) is 0 Å². The fourth-order valence-corrected chi connectivity index (χ4v) is 0.628. The molecule has 56 valence electrons. The van der Waals surface area contributed by atoms with Crippen LogP contribution in [0.3, 0.4) is 0 Å². The largest absolute Gasteiger partial charge is 0.370 e. The molecule has 0 rings (SSSR count). The standard InChI is InChI=1S/C7H12N2O/c1-3-7(2,5-8)4-6(9)10/h3-4H2,1-2H3,(H2,9,10). The highest BCUT2D eigenvalue weighted by molar-refractivity contribution is 5.74. The fourth-order valence-electron chi connectivity index (χ4n) is 0.628. The lowest BCUT2D eigenvalue weighted by Gasteiger charge is -2.15. The Hall–Kier alpha value is -1.04. The van der Waals surface area contributed by atoms with Gasteiger partial charge in [-0.15, -0.1) is 0 Å². The number of amides is 1. The highest BCUT2D eigenvalue weighted by atomic mass is 16.1. The quantitative estimate of drug-likeness (QED) is 0.630. The molecule has 3 nitrogen and oxygen atoms in total. The van der Waals surface area contributed by atoms with Crippen LogP contribution in [0.4, 0.5) is 0 Å². The van der Waals surface area contributed by atoms with Gasteiger partial charge in [-0.05, 0) is 13.3 Å². The molecule has 0 aliphatic heterocycles. The molecule has 0 aromatic heterocycles. The summed E-state index contributed by atoms with van der Waals surface area (Å²) in [6.45, 7) is 3.60. The Morgan fingerprint density at radius 1 is 1.80 bits per heavy atom. The molecule has 0 aliphatic carbocycles. The Kier molecular flexibility index (Phi) is 2.88. The number of nitrogens with zero attached hydrogens (tertiary/aromatic N) is 1. The van der Waals surface area contributed by atoms with Gasteiger partial charge in [-0.3, -0.25) is 4.79 Å². The summed E-state index contributed by atoms with van der Waals surface area (Å²) in [4.78, 5) is 10.4. The van der Waals surface area contributed by atoms with Gasteiger partial charge in [0.2, 0.25) is 5.91 Å². The number of carbonyl (C=O) groups is 1. The van der Waals surface area contributed by atoms with Crippen LogP contribution < -0.4 is 5.73 Å². The maximum atomic E-state index is 10.4. The molecule has 1 unspecified atom stereocenters. The van der Waals surface area contributed by atoms with Crippen LogP contribution in [0.2, 0.25) is 0 Å². The minimum absolute atomic E-state index is 0.153. The molecular weight excluding hydrogens is 128 g/mol. The molecule has 0 bridgehead atoms. The molecule has 0 aliphatic rings. The van der Waals surface area contributed by atoms with Gasteiger partial charge in [-0.1, -0.05) is 6.92 Å². The number of primary amides is 1. The molecule has 1 amide bonds. The average molecular weight is 140 g/mol. The number of nitrogens with two attached hydrogens (primary N) is 1. The van der Waals surface area contributed by atoms with Gasteiger partial charge in [0.1, 0.15) is 0 Å². The Morgan fingerprint density at radius 3 is 2.40 bits per heavy atom. The van der Waals surface area contributed by atoms with E-state index in [-0.39, 0.29) is 6.42 Å². The van der Waals surface area contributed by atoms with Crippen LogP contribution in [0, 0.1) is 16.7 Å². The van der Waals surface area contributed by atoms with E-state index in [1.807, 2.05) is 6.92 Å². The third-order valence-electron chi connectivity index (χ3n) is 1.61. The van der Waals surface area contributed by atoms with Crippen molar-refractivity contribution in [1.29, 1.82) is 5.26 Å². The van der Waals surface area contributed by atoms with E-state index in [2.05, 4.69) is 6.07 Å². The van der Waals surface area contributed by atoms with Crippen LogP contribution in [-0.2, 0) is 4.79 Å². The van der Waals surface area contributed by atoms with Crippen LogP contribution in [-0.4, -0.2) is 5.91 Å². The number of nitriles is 1. The summed E-state index contributed by atoms with van der Waals surface area (Å²) in [5, 5.41) is 8.58. The number of hydrogen-bond donors (Lipinski definition) is 1. The van der Waals surface area contributed by atoms with Crippen LogP contribution in [0.15, 0.2) is 0 Å². The Bertz CT molecular complexity index is 171. The van der Waals surface area contributed by atoms with Gasteiger partial charge in [0.25, 0.3) is 0 Å². The van der Waals surface area contributed by atoms with E-state index in [4.69, 9.17) is 11.0 Å². The van der Waals surface area contributed by atoms with Crippen molar-refractivity contribution < 1.29 is 4.79 Å². The van der Waals surface area contributed by atoms with E-state index in [0.29, 0.717) is 6.42 Å². The zero-order valence-electron chi connectivity index (χ0n) is 6.35. The molecule has 0 radical (unpaired) electrons. The second-order valence-electron chi connectivity index (χ2n) is 2.67. The predicted molar refractivity (Wildman–Crippen MR) is 37.8 cm³/mol. The third-order valence-corrected chi connectivity index (χ3v) is 1.61. The summed E-state index contributed by atoms with van der Waals surface area (Å²) in [7, 11) is 0. The molecule has 3 heteroatoms. The molecule has 0 spiro atoms. The molecule has 0 saturated carbocycles. The highest BCUT2D eigenvalue weighted by Crippen LogP contribution is 2.23. The predicted octanol–water partition coefficient (Wildman–Crippen LogP) is 0.802. The molecule has 10 heavy (non-hydrogen) atoms. The SMILES string of the molecule is CCC(C)(C#N)CC(N)=O. The van der Waals surface area contributed by atoms with E-state index >= 15 is 0 Å². The molecule has 2 N–H and O–H groups in total. The molecule has 0 heterocycles. The van der Waals surface area contributed by atoms with Crippen LogP contribution in [0.5, 0.6) is 0 Å². The van der Waals surface area contributed by atoms with E-state index in [9.17, 15) is 4.79 Å². The minimum Gasteiger partial charge on any atom is -0.370 e. The first-order valence-electron chi connectivity index (χ1n) is 3.23. The Labute approximate surface area is 60.8 Å². The summed E-state index contributed by atoms with van der Waals surface area (Å²) in [6, 6.07) is 2.06. The van der Waals surface area contributed by atoms with Crippen molar-refractivity contribution in [2.24, 2.45) is 11.1 Å². The fraction of sp³-hybridized carbons (Fsp3) is 0.714. The number of carbonyl (C=O) groups excluding carboxylic acids is 1. The zero-order valence-corrected chi connectivity index (χ0v) is 6.35. The van der Waals surface area contributed by atoms with Gasteiger partial charge < -0.3 is 5.73 Å². The van der Waals surface area contributed by atoms with Crippen LogP contribution >= 0.6 is 0 Å². The average Bonchev–Trinajstić information content (AvgIpc) is 1.87. The van der Waals surface area contributed by atoms with Gasteiger partial charge >= 0.3 is 0 Å². The van der Waals surface area contributed by atoms with Gasteiger partial charge in [-0.2, -0.15) is 5.26 Å². The monoisotopic (exact) mass is 140 g/mol. The van der Waals surface area contributed by atoms with Crippen molar-refractivity contribution in [3.05, 3.63) is 0 Å². The van der Waals surface area contributed by atoms with Crippen molar-refractivity contribution in [2.45, 2.75) is 26.7 Å². The van der Waals surface area contributed by atoms with Crippen molar-refractivity contribution >= 4 is 5.91 Å². The zero-order chi connectivity index (χ0) is 8.20. The van der Waals surface area contributed by atoms with E-state index in [1.54, 1.807) is 6.92 Å². The minimum atomic E-state index is -0.564. The summed E-state index contributed by atoms with van der Waals surface area (Å²) in [5.41, 5.74) is 4.38. The summed E-state index contributed by atoms with van der Waals surface area (Å²) < 4.78 is 0. The van der Waals surface area contributed by atoms with E-state index < -0.39 is 11.3 Å². The first kappa shape index (κ1) is 8.96. The van der Waals surface area contributed by atoms with Crippen LogP contribution in [0.25, 0.3) is 0 Å². The third kappa shape index (κ3) is 2.49. The maximum absolute atomic E-state index is 10.4. The van der Waals surface area contributed by atoms with Gasteiger partial charge in [0.05, 0.1) is 11.5 Å². The summed E-state index contributed by atoms with van der Waals surface area (Å²) in [5.74, 6) is -0.411. The lowest BCUT2D eigenvalue weighted by Crippen LogP contribution is -2.23. The van der Waals surface area contributed by atoms with Gasteiger partial charge in [0, 0.05) is 6.42 Å². The van der Waals surface area contributed by atoms with Gasteiger partial charge in [-0.25, -0.2) is 0 Å². The summed E-state index contributed by atoms with van der Waals surface area (Å²) >= 11 is 0. The first-order chi connectivity index (χ1) is 4.54. The van der Waals surface area contributed by atoms with Crippen molar-refractivity contribution in [1.82, 2.24) is 0 Å². The normalized spacial score (nSPS) is 15.3. The lowest BCUT2D eigenvalue weighted by atomic mass is 9.86. The first-order valence-corrected chi connectivity index (χ1v) is 3.23. The Balaban J connectivity index is 4.10. The second-order valence-corrected chi connectivity index (χ2v) is 2.67. The lowest BCUT2D eigenvalue weighted by molar-refractivity contribution is -0.119. The Morgan fingerprint density at radius 2 is 2.30 bits per heavy atom. The summed E-state index contributed by atoms with van der Waals surface area (Å²) in [6.07, 6.45) is 0.812. The molecule has 0 aromatic carbocycles. The van der Waals surface area contributed by atoms with Crippen molar-refractivity contribution in [3.8, 4) is 6.07 Å². The number of hydrogen-bond acceptors (Lipinski definition) is 2. The molecule has 0 aromatic rings. The molecule has 0 fully saturated rings. The maximum Gasteiger partial charge on any atom is 0.219 e. The number of rotatable bonds is 3.